The first-order valence-corrected chi connectivity index (χ1v) is 8.00. The predicted octanol–water partition coefficient (Wildman–Crippen LogP) is 4.99. The molecule has 1 fully saturated rings. The van der Waals surface area contributed by atoms with E-state index in [-0.39, 0.29) is 11.6 Å². The van der Waals surface area contributed by atoms with Gasteiger partial charge in [-0.05, 0) is 31.0 Å². The summed E-state index contributed by atoms with van der Waals surface area (Å²) in [7, 11) is 1.49. The first kappa shape index (κ1) is 14.6. The van der Waals surface area contributed by atoms with Crippen molar-refractivity contribution in [2.24, 2.45) is 5.92 Å². The zero-order chi connectivity index (χ0) is 15.0. The van der Waals surface area contributed by atoms with Crippen LogP contribution in [-0.4, -0.2) is 16.7 Å². The molecule has 5 heteroatoms. The zero-order valence-electron chi connectivity index (χ0n) is 12.5. The highest BCUT2D eigenvalue weighted by Gasteiger charge is 2.24. The van der Waals surface area contributed by atoms with Gasteiger partial charge in [-0.1, -0.05) is 26.2 Å². The molecule has 1 aromatic heterocycles. The number of hydrogen-bond acceptors (Lipinski definition) is 2. The van der Waals surface area contributed by atoms with Crippen LogP contribution in [0.5, 0.6) is 5.75 Å². The number of nitrogens with zero attached hydrogens (tertiary/aromatic N) is 1. The lowest BCUT2D eigenvalue weighted by atomic mass is 9.96. The van der Waals surface area contributed by atoms with E-state index in [1.54, 1.807) is 6.07 Å². The van der Waals surface area contributed by atoms with Crippen LogP contribution < -0.4 is 4.74 Å². The fraction of sp³-hybridized carbons (Fsp3) is 0.562. The van der Waals surface area contributed by atoms with E-state index in [0.717, 1.165) is 17.5 Å². The minimum Gasteiger partial charge on any atom is -0.494 e. The van der Waals surface area contributed by atoms with Crippen LogP contribution in [0.1, 0.15) is 45.1 Å². The smallest absolute Gasteiger partial charge is 0.178 e. The standard InChI is InChI=1S/C16H21FN2OS/c1-10-6-4-3-5-7-13(10)19-14-9-15(20-2)11(17)8-12(14)18-16(19)21/h8-10,13H,3-7H2,1-2H3,(H,18,21). The van der Waals surface area contributed by atoms with Gasteiger partial charge in [-0.15, -0.1) is 0 Å². The van der Waals surface area contributed by atoms with Gasteiger partial charge in [0.1, 0.15) is 0 Å². The van der Waals surface area contributed by atoms with Crippen molar-refractivity contribution < 1.29 is 9.13 Å². The van der Waals surface area contributed by atoms with Crippen LogP contribution in [0.3, 0.4) is 0 Å². The summed E-state index contributed by atoms with van der Waals surface area (Å²) in [6.07, 6.45) is 6.14. The Bertz CT molecular complexity index is 706. The molecule has 114 valence electrons. The van der Waals surface area contributed by atoms with Crippen LogP contribution in [-0.2, 0) is 0 Å². The second-order valence-corrected chi connectivity index (χ2v) is 6.37. The number of H-pyrrole nitrogens is 1. The molecular weight excluding hydrogens is 287 g/mol. The van der Waals surface area contributed by atoms with Gasteiger partial charge in [-0.2, -0.15) is 0 Å². The second-order valence-electron chi connectivity index (χ2n) is 5.99. The predicted molar refractivity (Wildman–Crippen MR) is 84.9 cm³/mol. The number of halogens is 1. The molecule has 1 saturated carbocycles. The molecule has 0 bridgehead atoms. The number of aromatic amines is 1. The summed E-state index contributed by atoms with van der Waals surface area (Å²) in [4.78, 5) is 3.14. The number of hydrogen-bond donors (Lipinski definition) is 1. The Morgan fingerprint density at radius 1 is 1.29 bits per heavy atom. The molecule has 3 rings (SSSR count). The third-order valence-electron chi connectivity index (χ3n) is 4.64. The van der Waals surface area contributed by atoms with Gasteiger partial charge in [-0.25, -0.2) is 4.39 Å². The van der Waals surface area contributed by atoms with E-state index in [9.17, 15) is 4.39 Å². The van der Waals surface area contributed by atoms with Crippen molar-refractivity contribution in [2.45, 2.75) is 45.1 Å². The maximum Gasteiger partial charge on any atom is 0.178 e. The van der Waals surface area contributed by atoms with Crippen LogP contribution in [0.2, 0.25) is 0 Å². The summed E-state index contributed by atoms with van der Waals surface area (Å²) in [5.41, 5.74) is 1.69. The van der Waals surface area contributed by atoms with Gasteiger partial charge in [0.25, 0.3) is 0 Å². The third kappa shape index (κ3) is 2.59. The van der Waals surface area contributed by atoms with Crippen LogP contribution in [0, 0.1) is 16.5 Å². The number of aromatic nitrogens is 2. The van der Waals surface area contributed by atoms with Gasteiger partial charge in [0.15, 0.2) is 16.3 Å². The van der Waals surface area contributed by atoms with E-state index >= 15 is 0 Å². The minimum atomic E-state index is -0.359. The highest BCUT2D eigenvalue weighted by atomic mass is 32.1. The average molecular weight is 308 g/mol. The van der Waals surface area contributed by atoms with E-state index in [1.807, 2.05) is 0 Å². The molecular formula is C16H21FN2OS. The SMILES string of the molecule is COc1cc2c(cc1F)[nH]c(=S)n2C1CCCCCC1C. The quantitative estimate of drug-likeness (QED) is 0.626. The molecule has 0 spiro atoms. The largest absolute Gasteiger partial charge is 0.494 e. The lowest BCUT2D eigenvalue weighted by Gasteiger charge is -2.24. The minimum absolute atomic E-state index is 0.270. The van der Waals surface area contributed by atoms with Gasteiger partial charge < -0.3 is 14.3 Å². The van der Waals surface area contributed by atoms with E-state index < -0.39 is 0 Å². The molecule has 1 aliphatic rings. The summed E-state index contributed by atoms with van der Waals surface area (Å²) in [6.45, 7) is 2.29. The number of fused-ring (bicyclic) bond motifs is 1. The third-order valence-corrected chi connectivity index (χ3v) is 4.94. The van der Waals surface area contributed by atoms with Gasteiger partial charge >= 0.3 is 0 Å². The number of ether oxygens (including phenoxy) is 1. The van der Waals surface area contributed by atoms with Crippen molar-refractivity contribution in [1.29, 1.82) is 0 Å². The molecule has 2 unspecified atom stereocenters. The Hall–Kier alpha value is -1.36. The second kappa shape index (κ2) is 5.79. The van der Waals surface area contributed by atoms with E-state index in [0.29, 0.717) is 16.7 Å². The number of methoxy groups -OCH3 is 1. The monoisotopic (exact) mass is 308 g/mol. The van der Waals surface area contributed by atoms with Gasteiger partial charge in [0.2, 0.25) is 0 Å². The molecule has 21 heavy (non-hydrogen) atoms. The normalized spacial score (nSPS) is 23.2. The van der Waals surface area contributed by atoms with Crippen LogP contribution in [0.15, 0.2) is 12.1 Å². The molecule has 2 aromatic rings. The molecule has 3 nitrogen and oxygen atoms in total. The molecule has 1 heterocycles. The maximum atomic E-state index is 13.9. The first-order valence-electron chi connectivity index (χ1n) is 7.59. The summed E-state index contributed by atoms with van der Waals surface area (Å²) >= 11 is 5.50. The van der Waals surface area contributed by atoms with Gasteiger partial charge in [-0.3, -0.25) is 0 Å². The Labute approximate surface area is 129 Å². The Kier molecular flexibility index (Phi) is 4.02. The highest BCUT2D eigenvalue weighted by molar-refractivity contribution is 7.71. The molecule has 1 N–H and O–H groups in total. The van der Waals surface area contributed by atoms with Crippen molar-refractivity contribution in [3.05, 3.63) is 22.7 Å². The van der Waals surface area contributed by atoms with Gasteiger partial charge in [0.05, 0.1) is 18.1 Å². The van der Waals surface area contributed by atoms with Crippen molar-refractivity contribution in [1.82, 2.24) is 9.55 Å². The van der Waals surface area contributed by atoms with Crippen LogP contribution >= 0.6 is 12.2 Å². The lowest BCUT2D eigenvalue weighted by Crippen LogP contribution is -2.16. The topological polar surface area (TPSA) is 29.9 Å². The van der Waals surface area contributed by atoms with Crippen molar-refractivity contribution in [3.63, 3.8) is 0 Å². The molecule has 0 radical (unpaired) electrons. The molecule has 0 saturated heterocycles. The Balaban J connectivity index is 2.16. The molecule has 2 atom stereocenters. The van der Waals surface area contributed by atoms with E-state index in [1.165, 1.54) is 38.9 Å². The van der Waals surface area contributed by atoms with E-state index in [2.05, 4.69) is 16.5 Å². The van der Waals surface area contributed by atoms with E-state index in [4.69, 9.17) is 17.0 Å². The molecule has 1 aliphatic carbocycles. The Morgan fingerprint density at radius 3 is 2.81 bits per heavy atom. The fourth-order valence-electron chi connectivity index (χ4n) is 3.47. The molecule has 0 amide bonds. The maximum absolute atomic E-state index is 13.9. The molecule has 1 aromatic carbocycles. The average Bonchev–Trinajstić information content (AvgIpc) is 2.62. The Morgan fingerprint density at radius 2 is 2.05 bits per heavy atom. The van der Waals surface area contributed by atoms with Crippen molar-refractivity contribution in [2.75, 3.05) is 7.11 Å². The summed E-state index contributed by atoms with van der Waals surface area (Å²) in [5.74, 6) is 0.489. The summed E-state index contributed by atoms with van der Waals surface area (Å²) in [6, 6.07) is 3.61. The fourth-order valence-corrected chi connectivity index (χ4v) is 3.81. The number of nitrogens with one attached hydrogen (secondary N) is 1. The number of imidazole rings is 1. The van der Waals surface area contributed by atoms with Crippen LogP contribution in [0.25, 0.3) is 11.0 Å². The van der Waals surface area contributed by atoms with Gasteiger partial charge in [0, 0.05) is 18.2 Å². The molecule has 0 aliphatic heterocycles. The number of benzene rings is 1. The summed E-state index contributed by atoms with van der Waals surface area (Å²) in [5, 5.41) is 0. The zero-order valence-corrected chi connectivity index (χ0v) is 13.3. The van der Waals surface area contributed by atoms with Crippen molar-refractivity contribution in [3.8, 4) is 5.75 Å². The number of rotatable bonds is 2. The summed E-state index contributed by atoms with van der Waals surface area (Å²) < 4.78 is 21.8. The highest BCUT2D eigenvalue weighted by Crippen LogP contribution is 2.36. The lowest BCUT2D eigenvalue weighted by molar-refractivity contribution is 0.337. The van der Waals surface area contributed by atoms with Crippen LogP contribution in [0.4, 0.5) is 4.39 Å². The first-order chi connectivity index (χ1) is 10.1. The van der Waals surface area contributed by atoms with Crippen molar-refractivity contribution >= 4 is 23.3 Å².